The molecule has 0 aliphatic heterocycles. The van der Waals surface area contributed by atoms with Gasteiger partial charge in [0.05, 0.1) is 18.0 Å². The van der Waals surface area contributed by atoms with E-state index in [1.165, 1.54) is 12.3 Å². The van der Waals surface area contributed by atoms with Crippen LogP contribution < -0.4 is 0 Å². The molecular formula is C8H7FN2. The minimum atomic E-state index is -0.229. The van der Waals surface area contributed by atoms with Crippen LogP contribution in [0.3, 0.4) is 0 Å². The van der Waals surface area contributed by atoms with E-state index in [4.69, 9.17) is 0 Å². The Kier molecular flexibility index (Phi) is 1.18. The van der Waals surface area contributed by atoms with E-state index in [1.54, 1.807) is 16.9 Å². The number of aryl methyl sites for hydroxylation is 1. The normalized spacial score (nSPS) is 10.7. The molecule has 0 bridgehead atoms. The van der Waals surface area contributed by atoms with Gasteiger partial charge in [-0.1, -0.05) is 0 Å². The monoisotopic (exact) mass is 150 g/mol. The first-order valence-electron chi connectivity index (χ1n) is 3.35. The van der Waals surface area contributed by atoms with Crippen LogP contribution >= 0.6 is 0 Å². The molecule has 0 radical (unpaired) electrons. The van der Waals surface area contributed by atoms with Crippen molar-refractivity contribution < 1.29 is 4.39 Å². The van der Waals surface area contributed by atoms with Crippen LogP contribution in [0.4, 0.5) is 4.39 Å². The SMILES string of the molecule is Cc1cc(F)cn2cncc12. The summed E-state index contributed by atoms with van der Waals surface area (Å²) in [5.41, 5.74) is 1.86. The highest BCUT2D eigenvalue weighted by atomic mass is 19.1. The predicted molar refractivity (Wildman–Crippen MR) is 39.9 cm³/mol. The van der Waals surface area contributed by atoms with Crippen LogP contribution in [0, 0.1) is 12.7 Å². The van der Waals surface area contributed by atoms with Crippen molar-refractivity contribution in [2.45, 2.75) is 6.92 Å². The first-order chi connectivity index (χ1) is 5.27. The van der Waals surface area contributed by atoms with E-state index < -0.39 is 0 Å². The summed E-state index contributed by atoms with van der Waals surface area (Å²) < 4.78 is 14.4. The second-order valence-electron chi connectivity index (χ2n) is 2.53. The van der Waals surface area contributed by atoms with E-state index in [0.29, 0.717) is 0 Å². The van der Waals surface area contributed by atoms with Gasteiger partial charge in [0.2, 0.25) is 0 Å². The van der Waals surface area contributed by atoms with E-state index in [0.717, 1.165) is 11.1 Å². The van der Waals surface area contributed by atoms with Gasteiger partial charge in [0.25, 0.3) is 0 Å². The Hall–Kier alpha value is -1.38. The highest BCUT2D eigenvalue weighted by Gasteiger charge is 1.98. The number of hydrogen-bond donors (Lipinski definition) is 0. The van der Waals surface area contributed by atoms with Crippen LogP contribution in [-0.2, 0) is 0 Å². The van der Waals surface area contributed by atoms with Crippen molar-refractivity contribution in [1.29, 1.82) is 0 Å². The highest BCUT2D eigenvalue weighted by molar-refractivity contribution is 5.52. The maximum absolute atomic E-state index is 12.7. The molecule has 2 nitrogen and oxygen atoms in total. The summed E-state index contributed by atoms with van der Waals surface area (Å²) in [4.78, 5) is 3.90. The first kappa shape index (κ1) is 6.34. The Labute approximate surface area is 63.3 Å². The molecule has 2 rings (SSSR count). The van der Waals surface area contributed by atoms with Gasteiger partial charge in [-0.15, -0.1) is 0 Å². The molecule has 2 aromatic heterocycles. The quantitative estimate of drug-likeness (QED) is 0.559. The van der Waals surface area contributed by atoms with Gasteiger partial charge in [-0.05, 0) is 18.6 Å². The number of hydrogen-bond acceptors (Lipinski definition) is 1. The molecule has 0 unspecified atom stereocenters. The van der Waals surface area contributed by atoms with Gasteiger partial charge in [-0.2, -0.15) is 0 Å². The van der Waals surface area contributed by atoms with Crippen molar-refractivity contribution in [2.75, 3.05) is 0 Å². The third-order valence-corrected chi connectivity index (χ3v) is 1.69. The molecule has 0 aliphatic rings. The number of fused-ring (bicyclic) bond motifs is 1. The second kappa shape index (κ2) is 2.05. The number of pyridine rings is 1. The smallest absolute Gasteiger partial charge is 0.140 e. The lowest BCUT2D eigenvalue weighted by atomic mass is 10.2. The lowest BCUT2D eigenvalue weighted by molar-refractivity contribution is 0.618. The van der Waals surface area contributed by atoms with Crippen molar-refractivity contribution in [3.05, 3.63) is 36.2 Å². The van der Waals surface area contributed by atoms with Crippen LogP contribution in [0.1, 0.15) is 5.56 Å². The summed E-state index contributed by atoms with van der Waals surface area (Å²) in [6, 6.07) is 1.50. The summed E-state index contributed by atoms with van der Waals surface area (Å²) in [7, 11) is 0. The van der Waals surface area contributed by atoms with Crippen molar-refractivity contribution >= 4 is 5.52 Å². The summed E-state index contributed by atoms with van der Waals surface area (Å²) in [6.07, 6.45) is 4.72. The zero-order valence-electron chi connectivity index (χ0n) is 6.08. The van der Waals surface area contributed by atoms with Crippen LogP contribution in [0.15, 0.2) is 24.8 Å². The van der Waals surface area contributed by atoms with Crippen LogP contribution in [0.5, 0.6) is 0 Å². The molecule has 2 heterocycles. The molecule has 0 fully saturated rings. The Balaban J connectivity index is 2.91. The van der Waals surface area contributed by atoms with Gasteiger partial charge >= 0.3 is 0 Å². The Bertz CT molecular complexity index is 392. The van der Waals surface area contributed by atoms with Gasteiger partial charge in [0, 0.05) is 6.20 Å². The lowest BCUT2D eigenvalue weighted by Gasteiger charge is -1.96. The molecular weight excluding hydrogens is 143 g/mol. The average molecular weight is 150 g/mol. The zero-order chi connectivity index (χ0) is 7.84. The standard InChI is InChI=1S/C8H7FN2/c1-6-2-7(9)4-11-5-10-3-8(6)11/h2-5H,1H3. The molecule has 0 saturated heterocycles. The maximum Gasteiger partial charge on any atom is 0.140 e. The summed E-state index contributed by atoms with van der Waals surface area (Å²) in [6.45, 7) is 1.86. The Morgan fingerprint density at radius 1 is 1.55 bits per heavy atom. The number of halogens is 1. The van der Waals surface area contributed by atoms with Crippen molar-refractivity contribution in [3.8, 4) is 0 Å². The van der Waals surface area contributed by atoms with Crippen molar-refractivity contribution in [1.82, 2.24) is 9.38 Å². The van der Waals surface area contributed by atoms with Gasteiger partial charge in [-0.3, -0.25) is 0 Å². The largest absolute Gasteiger partial charge is 0.303 e. The van der Waals surface area contributed by atoms with E-state index in [-0.39, 0.29) is 5.82 Å². The van der Waals surface area contributed by atoms with E-state index >= 15 is 0 Å². The predicted octanol–water partition coefficient (Wildman–Crippen LogP) is 1.78. The molecule has 0 N–H and O–H groups in total. The molecule has 0 amide bonds. The molecule has 3 heteroatoms. The van der Waals surface area contributed by atoms with E-state index in [2.05, 4.69) is 4.98 Å². The number of aromatic nitrogens is 2. The lowest BCUT2D eigenvalue weighted by Crippen LogP contribution is -1.87. The topological polar surface area (TPSA) is 17.3 Å². The third-order valence-electron chi connectivity index (χ3n) is 1.69. The molecule has 0 aliphatic carbocycles. The summed E-state index contributed by atoms with van der Waals surface area (Å²) in [5, 5.41) is 0. The number of nitrogens with zero attached hydrogens (tertiary/aromatic N) is 2. The van der Waals surface area contributed by atoms with E-state index in [9.17, 15) is 4.39 Å². The molecule has 0 saturated carbocycles. The van der Waals surface area contributed by atoms with Crippen molar-refractivity contribution in [3.63, 3.8) is 0 Å². The minimum absolute atomic E-state index is 0.229. The Morgan fingerprint density at radius 3 is 3.18 bits per heavy atom. The highest BCUT2D eigenvalue weighted by Crippen LogP contribution is 2.10. The fourth-order valence-electron chi connectivity index (χ4n) is 1.16. The van der Waals surface area contributed by atoms with Crippen LogP contribution in [0.25, 0.3) is 5.52 Å². The van der Waals surface area contributed by atoms with Crippen LogP contribution in [-0.4, -0.2) is 9.38 Å². The fourth-order valence-corrected chi connectivity index (χ4v) is 1.16. The van der Waals surface area contributed by atoms with Gasteiger partial charge in [-0.25, -0.2) is 9.37 Å². The Morgan fingerprint density at radius 2 is 2.36 bits per heavy atom. The van der Waals surface area contributed by atoms with Crippen LogP contribution in [0.2, 0.25) is 0 Å². The van der Waals surface area contributed by atoms with Gasteiger partial charge in [0.1, 0.15) is 5.82 Å². The first-order valence-corrected chi connectivity index (χ1v) is 3.35. The number of imidazole rings is 1. The zero-order valence-corrected chi connectivity index (χ0v) is 6.08. The molecule has 0 spiro atoms. The van der Waals surface area contributed by atoms with E-state index in [1.807, 2.05) is 6.92 Å². The average Bonchev–Trinajstić information content (AvgIpc) is 2.34. The molecule has 2 aromatic rings. The van der Waals surface area contributed by atoms with Gasteiger partial charge < -0.3 is 4.40 Å². The summed E-state index contributed by atoms with van der Waals surface area (Å²) >= 11 is 0. The second-order valence-corrected chi connectivity index (χ2v) is 2.53. The van der Waals surface area contributed by atoms with Gasteiger partial charge in [0.15, 0.2) is 0 Å². The summed E-state index contributed by atoms with van der Waals surface area (Å²) in [5.74, 6) is -0.229. The molecule has 0 atom stereocenters. The maximum atomic E-state index is 12.7. The molecule has 56 valence electrons. The third kappa shape index (κ3) is 0.888. The molecule has 11 heavy (non-hydrogen) atoms. The number of rotatable bonds is 0. The minimum Gasteiger partial charge on any atom is -0.303 e. The molecule has 0 aromatic carbocycles. The fraction of sp³-hybridized carbons (Fsp3) is 0.125. The van der Waals surface area contributed by atoms with Crippen molar-refractivity contribution in [2.24, 2.45) is 0 Å².